The number of hydrogen-bond donors (Lipinski definition) is 0. The second-order valence-corrected chi connectivity index (χ2v) is 8.90. The van der Waals surface area contributed by atoms with Crippen molar-refractivity contribution in [2.45, 2.75) is 19.8 Å². The number of rotatable bonds is 6. The highest BCUT2D eigenvalue weighted by atomic mass is 35.5. The minimum absolute atomic E-state index is 0.0874. The first-order chi connectivity index (χ1) is 11.7. The molecule has 1 aromatic carbocycles. The van der Waals surface area contributed by atoms with Crippen LogP contribution in [0.4, 0.5) is 5.69 Å². The molecule has 0 bridgehead atoms. The zero-order valence-electron chi connectivity index (χ0n) is 15.0. The van der Waals surface area contributed by atoms with E-state index in [-0.39, 0.29) is 12.5 Å². The maximum atomic E-state index is 12.3. The summed E-state index contributed by atoms with van der Waals surface area (Å²) in [6, 6.07) is 5.18. The van der Waals surface area contributed by atoms with Crippen LogP contribution in [-0.2, 0) is 14.8 Å². The van der Waals surface area contributed by atoms with Gasteiger partial charge >= 0.3 is 0 Å². The Morgan fingerprint density at radius 3 is 2.48 bits per heavy atom. The molecular formula is C17H26ClN3O3S. The normalized spacial score (nSPS) is 16.1. The highest BCUT2D eigenvalue weighted by molar-refractivity contribution is 7.92. The van der Waals surface area contributed by atoms with Crippen molar-refractivity contribution in [1.82, 2.24) is 9.80 Å². The molecule has 0 spiro atoms. The molecule has 0 N–H and O–H groups in total. The summed E-state index contributed by atoms with van der Waals surface area (Å²) in [7, 11) is -1.40. The number of halogens is 1. The molecule has 25 heavy (non-hydrogen) atoms. The van der Waals surface area contributed by atoms with Crippen LogP contribution in [-0.4, -0.2) is 70.2 Å². The molecule has 0 aliphatic carbocycles. The molecule has 0 unspecified atom stereocenters. The number of hydrogen-bond acceptors (Lipinski definition) is 4. The van der Waals surface area contributed by atoms with Crippen molar-refractivity contribution in [3.05, 3.63) is 28.8 Å². The maximum Gasteiger partial charge on any atom is 0.232 e. The molecule has 1 saturated heterocycles. The molecule has 0 atom stereocenters. The van der Waals surface area contributed by atoms with Gasteiger partial charge in [-0.05, 0) is 38.1 Å². The quantitative estimate of drug-likeness (QED) is 0.748. The Balaban J connectivity index is 1.99. The van der Waals surface area contributed by atoms with Gasteiger partial charge in [0.1, 0.15) is 0 Å². The molecule has 1 aliphatic rings. The zero-order valence-corrected chi connectivity index (χ0v) is 16.6. The first kappa shape index (κ1) is 20.0. The lowest BCUT2D eigenvalue weighted by molar-refractivity contribution is -0.132. The summed E-state index contributed by atoms with van der Waals surface area (Å²) in [5, 5.41) is 0.489. The summed E-state index contributed by atoms with van der Waals surface area (Å²) in [5.74, 6) is 0.0874. The van der Waals surface area contributed by atoms with E-state index in [2.05, 4.69) is 4.90 Å². The Kier molecular flexibility index (Phi) is 6.71. The van der Waals surface area contributed by atoms with Gasteiger partial charge in [-0.15, -0.1) is 0 Å². The van der Waals surface area contributed by atoms with E-state index in [1.807, 2.05) is 18.9 Å². The number of sulfonamides is 1. The van der Waals surface area contributed by atoms with Crippen LogP contribution in [0.25, 0.3) is 0 Å². The summed E-state index contributed by atoms with van der Waals surface area (Å²) < 4.78 is 25.7. The Labute approximate surface area is 155 Å². The van der Waals surface area contributed by atoms with Crippen LogP contribution in [0.5, 0.6) is 0 Å². The van der Waals surface area contributed by atoms with Crippen LogP contribution in [0.1, 0.15) is 18.4 Å². The maximum absolute atomic E-state index is 12.3. The fraction of sp³-hybridized carbons (Fsp3) is 0.588. The molecule has 1 fully saturated rings. The van der Waals surface area contributed by atoms with Crippen molar-refractivity contribution in [3.8, 4) is 0 Å². The van der Waals surface area contributed by atoms with Gasteiger partial charge in [0.2, 0.25) is 15.9 Å². The summed E-state index contributed by atoms with van der Waals surface area (Å²) in [6.07, 6.45) is 2.00. The van der Waals surface area contributed by atoms with Gasteiger partial charge in [-0.1, -0.05) is 17.7 Å². The predicted molar refractivity (Wildman–Crippen MR) is 102 cm³/mol. The summed E-state index contributed by atoms with van der Waals surface area (Å²) >= 11 is 6.02. The van der Waals surface area contributed by atoms with E-state index in [0.717, 1.165) is 31.7 Å². The topological polar surface area (TPSA) is 60.9 Å². The first-order valence-corrected chi connectivity index (χ1v) is 10.6. The van der Waals surface area contributed by atoms with Crippen LogP contribution >= 0.6 is 11.6 Å². The van der Waals surface area contributed by atoms with Gasteiger partial charge in [0.05, 0.1) is 11.9 Å². The highest BCUT2D eigenvalue weighted by Gasteiger charge is 2.22. The molecule has 0 saturated carbocycles. The fourth-order valence-electron chi connectivity index (χ4n) is 2.90. The van der Waals surface area contributed by atoms with E-state index in [9.17, 15) is 13.2 Å². The number of nitrogens with zero attached hydrogens (tertiary/aromatic N) is 3. The number of anilines is 1. The molecule has 1 aromatic rings. The van der Waals surface area contributed by atoms with Crippen molar-refractivity contribution in [1.29, 1.82) is 0 Å². The molecule has 1 aliphatic heterocycles. The van der Waals surface area contributed by atoms with Crippen molar-refractivity contribution >= 4 is 33.2 Å². The average Bonchev–Trinajstić information content (AvgIpc) is 2.53. The fourth-order valence-corrected chi connectivity index (χ4v) is 4.09. The van der Waals surface area contributed by atoms with E-state index >= 15 is 0 Å². The number of amides is 1. The number of likely N-dealkylation sites (N-methyl/N-ethyl adjacent to an activating group) is 1. The largest absolute Gasteiger partial charge is 0.340 e. The van der Waals surface area contributed by atoms with Crippen LogP contribution in [0, 0.1) is 6.92 Å². The lowest BCUT2D eigenvalue weighted by atomic mass is 10.2. The molecule has 1 amide bonds. The third kappa shape index (κ3) is 5.59. The number of carbonyl (C=O) groups excluding carboxylic acids is 1. The zero-order chi connectivity index (χ0) is 18.6. The van der Waals surface area contributed by atoms with E-state index < -0.39 is 10.0 Å². The molecule has 0 aromatic heterocycles. The minimum atomic E-state index is -3.44. The first-order valence-electron chi connectivity index (χ1n) is 8.38. The number of benzene rings is 1. The molecule has 140 valence electrons. The molecule has 0 radical (unpaired) electrons. The SMILES string of the molecule is Cc1ccc(Cl)cc1N(CCCC(=O)N1CCN(C)CC1)S(C)(=O)=O. The highest BCUT2D eigenvalue weighted by Crippen LogP contribution is 2.26. The van der Waals surface area contributed by atoms with Crippen LogP contribution in [0.15, 0.2) is 18.2 Å². The standard InChI is InChI=1S/C17H26ClN3O3S/c1-14-6-7-15(18)13-16(14)21(25(3,23)24)8-4-5-17(22)20-11-9-19(2)10-12-20/h6-7,13H,4-5,8-12H2,1-3H3. The van der Waals surface area contributed by atoms with Gasteiger partial charge in [-0.2, -0.15) is 0 Å². The Bertz CT molecular complexity index is 716. The summed E-state index contributed by atoms with van der Waals surface area (Å²) in [5.41, 5.74) is 1.40. The molecule has 8 heteroatoms. The number of piperazine rings is 1. The van der Waals surface area contributed by atoms with E-state index in [1.165, 1.54) is 10.6 Å². The third-order valence-electron chi connectivity index (χ3n) is 4.45. The van der Waals surface area contributed by atoms with Gasteiger partial charge in [-0.25, -0.2) is 8.42 Å². The second kappa shape index (κ2) is 8.38. The Morgan fingerprint density at radius 1 is 1.24 bits per heavy atom. The van der Waals surface area contributed by atoms with Gasteiger partial charge in [0.15, 0.2) is 0 Å². The summed E-state index contributed by atoms with van der Waals surface area (Å²) in [4.78, 5) is 16.4. The van der Waals surface area contributed by atoms with Crippen molar-refractivity contribution < 1.29 is 13.2 Å². The van der Waals surface area contributed by atoms with Crippen LogP contribution < -0.4 is 4.31 Å². The summed E-state index contributed by atoms with van der Waals surface area (Å²) in [6.45, 7) is 5.33. The number of carbonyl (C=O) groups is 1. The van der Waals surface area contributed by atoms with Crippen molar-refractivity contribution in [2.24, 2.45) is 0 Å². The Morgan fingerprint density at radius 2 is 1.88 bits per heavy atom. The van der Waals surface area contributed by atoms with Gasteiger partial charge < -0.3 is 9.80 Å². The lowest BCUT2D eigenvalue weighted by Crippen LogP contribution is -2.47. The smallest absolute Gasteiger partial charge is 0.232 e. The lowest BCUT2D eigenvalue weighted by Gasteiger charge is -2.32. The molecule has 1 heterocycles. The van der Waals surface area contributed by atoms with E-state index in [4.69, 9.17) is 11.6 Å². The van der Waals surface area contributed by atoms with E-state index in [1.54, 1.807) is 18.2 Å². The third-order valence-corrected chi connectivity index (χ3v) is 5.86. The van der Waals surface area contributed by atoms with Gasteiger partial charge in [0, 0.05) is 44.2 Å². The molecule has 2 rings (SSSR count). The molecular weight excluding hydrogens is 362 g/mol. The van der Waals surface area contributed by atoms with Crippen molar-refractivity contribution in [3.63, 3.8) is 0 Å². The second-order valence-electron chi connectivity index (χ2n) is 6.55. The minimum Gasteiger partial charge on any atom is -0.340 e. The number of aryl methyl sites for hydroxylation is 1. The van der Waals surface area contributed by atoms with Crippen molar-refractivity contribution in [2.75, 3.05) is 50.3 Å². The van der Waals surface area contributed by atoms with Crippen LogP contribution in [0.3, 0.4) is 0 Å². The van der Waals surface area contributed by atoms with Crippen LogP contribution in [0.2, 0.25) is 5.02 Å². The predicted octanol–water partition coefficient (Wildman–Crippen LogP) is 1.97. The monoisotopic (exact) mass is 387 g/mol. The van der Waals surface area contributed by atoms with Gasteiger partial charge in [0.25, 0.3) is 0 Å². The van der Waals surface area contributed by atoms with E-state index in [0.29, 0.717) is 23.6 Å². The average molecular weight is 388 g/mol. The Hall–Kier alpha value is -1.31. The van der Waals surface area contributed by atoms with Gasteiger partial charge in [-0.3, -0.25) is 9.10 Å². The molecule has 6 nitrogen and oxygen atoms in total.